The summed E-state index contributed by atoms with van der Waals surface area (Å²) in [5.41, 5.74) is 5.93. The summed E-state index contributed by atoms with van der Waals surface area (Å²) in [4.78, 5) is 6.14. The largest absolute Gasteiger partial charge is 0.409 e. The monoisotopic (exact) mass is 359 g/mol. The molecule has 0 aliphatic heterocycles. The van der Waals surface area contributed by atoms with Crippen molar-refractivity contribution >= 4 is 37.5 Å². The van der Waals surface area contributed by atoms with Gasteiger partial charge < -0.3 is 15.9 Å². The van der Waals surface area contributed by atoms with Crippen LogP contribution in [0.4, 0.5) is 5.69 Å². The number of hydrogen-bond acceptors (Lipinski definition) is 5. The molecule has 5 N–H and O–H groups in total. The molecule has 8 nitrogen and oxygen atoms in total. The molecule has 0 aliphatic carbocycles. The summed E-state index contributed by atoms with van der Waals surface area (Å²) in [7, 11) is -3.83. The summed E-state index contributed by atoms with van der Waals surface area (Å²) in [6.07, 6.45) is 2.42. The maximum absolute atomic E-state index is 12.1. The maximum atomic E-state index is 12.1. The molecule has 10 heteroatoms. The first kappa shape index (κ1) is 14.3. The minimum atomic E-state index is -3.83. The van der Waals surface area contributed by atoms with Crippen LogP contribution in [0.1, 0.15) is 5.56 Å². The van der Waals surface area contributed by atoms with E-state index in [1.54, 1.807) is 6.07 Å². The summed E-state index contributed by atoms with van der Waals surface area (Å²) < 4.78 is 27.2. The van der Waals surface area contributed by atoms with Crippen molar-refractivity contribution in [3.63, 3.8) is 0 Å². The van der Waals surface area contributed by atoms with Crippen LogP contribution in [-0.4, -0.2) is 29.4 Å². The van der Waals surface area contributed by atoms with E-state index in [9.17, 15) is 8.42 Å². The number of H-pyrrole nitrogens is 1. The number of nitrogens with one attached hydrogen (secondary N) is 2. The Morgan fingerprint density at radius 2 is 2.25 bits per heavy atom. The van der Waals surface area contributed by atoms with Gasteiger partial charge in [-0.15, -0.1) is 0 Å². The van der Waals surface area contributed by atoms with Crippen LogP contribution in [0, 0.1) is 0 Å². The smallest absolute Gasteiger partial charge is 0.278 e. The van der Waals surface area contributed by atoms with Gasteiger partial charge in [-0.2, -0.15) is 8.42 Å². The zero-order valence-electron chi connectivity index (χ0n) is 9.91. The predicted octanol–water partition coefficient (Wildman–Crippen LogP) is 1.07. The molecule has 20 heavy (non-hydrogen) atoms. The van der Waals surface area contributed by atoms with Gasteiger partial charge in [0.05, 0.1) is 18.2 Å². The van der Waals surface area contributed by atoms with E-state index in [2.05, 4.69) is 35.8 Å². The average molecular weight is 360 g/mol. The second kappa shape index (κ2) is 5.51. The van der Waals surface area contributed by atoms with Crippen LogP contribution < -0.4 is 10.5 Å². The zero-order chi connectivity index (χ0) is 14.8. The van der Waals surface area contributed by atoms with Crippen LogP contribution in [-0.2, 0) is 10.0 Å². The van der Waals surface area contributed by atoms with Gasteiger partial charge in [0.2, 0.25) is 0 Å². The van der Waals surface area contributed by atoms with Crippen LogP contribution in [0.5, 0.6) is 0 Å². The number of imidazole rings is 1. The van der Waals surface area contributed by atoms with Gasteiger partial charge in [0.1, 0.15) is 0 Å². The minimum Gasteiger partial charge on any atom is -0.409 e. The second-order valence-corrected chi connectivity index (χ2v) is 6.26. The molecule has 0 atom stereocenters. The van der Waals surface area contributed by atoms with Gasteiger partial charge in [0, 0.05) is 10.0 Å². The minimum absolute atomic E-state index is 0.0945. The molecule has 0 amide bonds. The van der Waals surface area contributed by atoms with E-state index in [0.717, 1.165) is 0 Å². The van der Waals surface area contributed by atoms with Crippen LogP contribution in [0.25, 0.3) is 0 Å². The number of amidine groups is 1. The maximum Gasteiger partial charge on any atom is 0.278 e. The molecule has 2 rings (SSSR count). The molecule has 0 radical (unpaired) electrons. The SMILES string of the molecule is N/C(=N/O)c1ccc(Br)cc1NS(=O)(=O)c1cnc[nH]1. The summed E-state index contributed by atoms with van der Waals surface area (Å²) in [6.45, 7) is 0. The Morgan fingerprint density at radius 1 is 1.50 bits per heavy atom. The predicted molar refractivity (Wildman–Crippen MR) is 76.0 cm³/mol. The number of halogens is 1. The van der Waals surface area contributed by atoms with Crippen molar-refractivity contribution in [2.24, 2.45) is 10.9 Å². The van der Waals surface area contributed by atoms with E-state index in [0.29, 0.717) is 4.47 Å². The Labute approximate surface area is 122 Å². The van der Waals surface area contributed by atoms with Crippen LogP contribution in [0.2, 0.25) is 0 Å². The number of aromatic nitrogens is 2. The van der Waals surface area contributed by atoms with Gasteiger partial charge >= 0.3 is 0 Å². The molecule has 0 unspecified atom stereocenters. The molecule has 0 spiro atoms. The Morgan fingerprint density at radius 3 is 2.85 bits per heavy atom. The molecular weight excluding hydrogens is 350 g/mol. The molecule has 0 fully saturated rings. The number of hydrogen-bond donors (Lipinski definition) is 4. The van der Waals surface area contributed by atoms with E-state index < -0.39 is 10.0 Å². The quantitative estimate of drug-likeness (QED) is 0.280. The van der Waals surface area contributed by atoms with Crippen molar-refractivity contribution in [3.8, 4) is 0 Å². The number of oxime groups is 1. The van der Waals surface area contributed by atoms with Crippen molar-refractivity contribution in [2.75, 3.05) is 4.72 Å². The van der Waals surface area contributed by atoms with Crippen molar-refractivity contribution in [1.82, 2.24) is 9.97 Å². The lowest BCUT2D eigenvalue weighted by Gasteiger charge is -2.11. The number of sulfonamides is 1. The fraction of sp³-hybridized carbons (Fsp3) is 0. The van der Waals surface area contributed by atoms with Crippen molar-refractivity contribution in [1.29, 1.82) is 0 Å². The van der Waals surface area contributed by atoms with Crippen molar-refractivity contribution < 1.29 is 13.6 Å². The van der Waals surface area contributed by atoms with Crippen LogP contribution in [0.3, 0.4) is 0 Å². The number of nitrogens with two attached hydrogens (primary N) is 1. The van der Waals surface area contributed by atoms with Gasteiger partial charge in [-0.25, -0.2) is 4.98 Å². The molecule has 0 saturated heterocycles. The highest BCUT2D eigenvalue weighted by atomic mass is 79.9. The van der Waals surface area contributed by atoms with Gasteiger partial charge in [0.25, 0.3) is 10.0 Å². The second-order valence-electron chi connectivity index (χ2n) is 3.70. The third kappa shape index (κ3) is 2.91. The lowest BCUT2D eigenvalue weighted by atomic mass is 10.2. The van der Waals surface area contributed by atoms with E-state index >= 15 is 0 Å². The fourth-order valence-electron chi connectivity index (χ4n) is 1.47. The first-order valence-corrected chi connectivity index (χ1v) is 7.50. The third-order valence-electron chi connectivity index (χ3n) is 2.37. The van der Waals surface area contributed by atoms with E-state index in [1.165, 1.54) is 24.7 Å². The Kier molecular flexibility index (Phi) is 3.95. The molecular formula is C10H10BrN5O3S. The van der Waals surface area contributed by atoms with Gasteiger partial charge in [-0.3, -0.25) is 4.72 Å². The summed E-state index contributed by atoms with van der Waals surface area (Å²) >= 11 is 3.23. The third-order valence-corrected chi connectivity index (χ3v) is 4.16. The molecule has 0 aliphatic rings. The normalized spacial score (nSPS) is 12.3. The summed E-state index contributed by atoms with van der Waals surface area (Å²) in [6, 6.07) is 4.66. The summed E-state index contributed by atoms with van der Waals surface area (Å²) in [5.74, 6) is -0.209. The molecule has 0 saturated carbocycles. The van der Waals surface area contributed by atoms with Gasteiger partial charge in [-0.05, 0) is 18.2 Å². The standard InChI is InChI=1S/C10H10BrN5O3S/c11-6-1-2-7(10(12)15-17)8(3-6)16-20(18,19)9-4-13-5-14-9/h1-5,16-17H,(H2,12,15)(H,13,14). The van der Waals surface area contributed by atoms with Crippen LogP contribution in [0.15, 0.2) is 45.4 Å². The number of aromatic amines is 1. The number of rotatable bonds is 4. The van der Waals surface area contributed by atoms with Crippen LogP contribution >= 0.6 is 15.9 Å². The van der Waals surface area contributed by atoms with Crippen molar-refractivity contribution in [3.05, 3.63) is 40.8 Å². The lowest BCUT2D eigenvalue weighted by molar-refractivity contribution is 0.318. The molecule has 1 aromatic heterocycles. The summed E-state index contributed by atoms with van der Waals surface area (Å²) in [5, 5.41) is 11.5. The highest BCUT2D eigenvalue weighted by Gasteiger charge is 2.18. The molecule has 1 heterocycles. The average Bonchev–Trinajstić information content (AvgIpc) is 2.92. The number of nitrogens with zero attached hydrogens (tertiary/aromatic N) is 2. The first-order chi connectivity index (χ1) is 9.44. The van der Waals surface area contributed by atoms with E-state index in [4.69, 9.17) is 10.9 Å². The lowest BCUT2D eigenvalue weighted by Crippen LogP contribution is -2.19. The van der Waals surface area contributed by atoms with Crippen molar-refractivity contribution in [2.45, 2.75) is 5.03 Å². The van der Waals surface area contributed by atoms with E-state index in [-0.39, 0.29) is 22.1 Å². The van der Waals surface area contributed by atoms with Gasteiger partial charge in [0.15, 0.2) is 10.9 Å². The number of benzene rings is 1. The highest BCUT2D eigenvalue weighted by molar-refractivity contribution is 9.10. The fourth-order valence-corrected chi connectivity index (χ4v) is 2.80. The molecule has 0 bridgehead atoms. The molecule has 106 valence electrons. The Balaban J connectivity index is 2.46. The topological polar surface area (TPSA) is 133 Å². The highest BCUT2D eigenvalue weighted by Crippen LogP contribution is 2.23. The van der Waals surface area contributed by atoms with E-state index in [1.807, 2.05) is 0 Å². The Hall–Kier alpha value is -2.07. The zero-order valence-corrected chi connectivity index (χ0v) is 12.3. The molecule has 1 aromatic carbocycles. The Bertz CT molecular complexity index is 742. The van der Waals surface area contributed by atoms with Gasteiger partial charge in [-0.1, -0.05) is 21.1 Å². The molecule has 2 aromatic rings. The number of anilines is 1. The first-order valence-electron chi connectivity index (χ1n) is 5.22.